The number of methoxy groups -OCH3 is 2. The predicted molar refractivity (Wildman–Crippen MR) is 105 cm³/mol. The Labute approximate surface area is 162 Å². The highest BCUT2D eigenvalue weighted by atomic mass is 16.5. The van der Waals surface area contributed by atoms with Crippen LogP contribution in [0.1, 0.15) is 5.56 Å². The number of ether oxygens (including phenoxy) is 2. The summed E-state index contributed by atoms with van der Waals surface area (Å²) in [7, 11) is 3.12. The molecule has 1 aromatic heterocycles. The van der Waals surface area contributed by atoms with Gasteiger partial charge >= 0.3 is 0 Å². The van der Waals surface area contributed by atoms with E-state index < -0.39 is 0 Å². The highest BCUT2D eigenvalue weighted by molar-refractivity contribution is 5.75. The number of carbonyl (C=O) groups is 1. The van der Waals surface area contributed by atoms with Gasteiger partial charge in [-0.3, -0.25) is 9.59 Å². The van der Waals surface area contributed by atoms with E-state index >= 15 is 0 Å². The minimum Gasteiger partial charge on any atom is -0.493 e. The summed E-state index contributed by atoms with van der Waals surface area (Å²) in [4.78, 5) is 28.5. The van der Waals surface area contributed by atoms with E-state index in [9.17, 15) is 9.59 Å². The molecule has 0 aliphatic rings. The zero-order valence-corrected chi connectivity index (χ0v) is 15.7. The van der Waals surface area contributed by atoms with Crippen LogP contribution >= 0.6 is 0 Å². The van der Waals surface area contributed by atoms with Crippen LogP contribution in [0.2, 0.25) is 0 Å². The molecule has 1 heterocycles. The first-order chi connectivity index (χ1) is 13.6. The maximum Gasteiger partial charge on any atom is 0.269 e. The Hall–Kier alpha value is -3.61. The molecule has 0 radical (unpaired) electrons. The van der Waals surface area contributed by atoms with Gasteiger partial charge in [-0.15, -0.1) is 0 Å². The normalized spacial score (nSPS) is 10.4. The number of hydrogen-bond acceptors (Lipinski definition) is 5. The van der Waals surface area contributed by atoms with E-state index in [1.165, 1.54) is 10.8 Å². The van der Waals surface area contributed by atoms with Crippen LogP contribution in [0.4, 0.5) is 0 Å². The zero-order valence-electron chi connectivity index (χ0n) is 15.7. The molecule has 3 aromatic rings. The lowest BCUT2D eigenvalue weighted by atomic mass is 10.2. The molecule has 7 nitrogen and oxygen atoms in total. The van der Waals surface area contributed by atoms with Gasteiger partial charge in [0.05, 0.1) is 26.1 Å². The quantitative estimate of drug-likeness (QED) is 0.681. The number of nitrogens with zero attached hydrogens (tertiary/aromatic N) is 2. The molecule has 0 bridgehead atoms. The van der Waals surface area contributed by atoms with Crippen molar-refractivity contribution < 1.29 is 14.3 Å². The molecule has 144 valence electrons. The fourth-order valence-electron chi connectivity index (χ4n) is 2.73. The van der Waals surface area contributed by atoms with E-state index in [-0.39, 0.29) is 18.0 Å². The highest BCUT2D eigenvalue weighted by Gasteiger charge is 2.09. The third-order valence-electron chi connectivity index (χ3n) is 4.20. The molecule has 0 spiro atoms. The van der Waals surface area contributed by atoms with Crippen molar-refractivity contribution in [3.8, 4) is 22.8 Å². The Morgan fingerprint density at radius 1 is 1.07 bits per heavy atom. The third-order valence-corrected chi connectivity index (χ3v) is 4.20. The van der Waals surface area contributed by atoms with Crippen LogP contribution in [0.25, 0.3) is 11.3 Å². The number of rotatable bonds is 7. The van der Waals surface area contributed by atoms with Gasteiger partial charge in [-0.25, -0.2) is 4.98 Å². The maximum atomic E-state index is 12.3. The van der Waals surface area contributed by atoms with E-state index in [4.69, 9.17) is 9.47 Å². The fourth-order valence-corrected chi connectivity index (χ4v) is 2.73. The molecule has 2 aromatic carbocycles. The first-order valence-corrected chi connectivity index (χ1v) is 8.70. The molecule has 3 rings (SSSR count). The average molecular weight is 379 g/mol. The number of hydrogen-bond donors (Lipinski definition) is 1. The van der Waals surface area contributed by atoms with Crippen LogP contribution in [-0.4, -0.2) is 29.7 Å². The van der Waals surface area contributed by atoms with Crippen molar-refractivity contribution in [3.63, 3.8) is 0 Å². The van der Waals surface area contributed by atoms with Crippen LogP contribution in [-0.2, 0) is 17.9 Å². The molecule has 0 fully saturated rings. The van der Waals surface area contributed by atoms with Gasteiger partial charge in [-0.1, -0.05) is 36.4 Å². The molecule has 0 saturated heterocycles. The standard InChI is InChI=1S/C21H21N3O4/c1-27-18-9-8-15(10-19(18)28-2)11-23-20(25)14-24-13-17(22-12-21(24)26)16-6-4-3-5-7-16/h3-10,12-13H,11,14H2,1-2H3,(H,23,25). The molecular formula is C21H21N3O4. The number of amides is 1. The van der Waals surface area contributed by atoms with E-state index in [0.717, 1.165) is 11.1 Å². The van der Waals surface area contributed by atoms with Crippen molar-refractivity contribution in [1.82, 2.24) is 14.9 Å². The molecular weight excluding hydrogens is 358 g/mol. The second-order valence-corrected chi connectivity index (χ2v) is 6.07. The molecule has 0 aliphatic carbocycles. The molecule has 28 heavy (non-hydrogen) atoms. The number of benzene rings is 2. The van der Waals surface area contributed by atoms with Crippen LogP contribution in [0.5, 0.6) is 11.5 Å². The van der Waals surface area contributed by atoms with Crippen LogP contribution in [0.3, 0.4) is 0 Å². The summed E-state index contributed by atoms with van der Waals surface area (Å²) in [5.74, 6) is 0.934. The Morgan fingerprint density at radius 2 is 1.82 bits per heavy atom. The van der Waals surface area contributed by atoms with E-state index in [2.05, 4.69) is 10.3 Å². The Bertz CT molecular complexity index is 1020. The van der Waals surface area contributed by atoms with E-state index in [0.29, 0.717) is 23.7 Å². The summed E-state index contributed by atoms with van der Waals surface area (Å²) in [6, 6.07) is 14.9. The second kappa shape index (κ2) is 8.85. The van der Waals surface area contributed by atoms with Gasteiger partial charge < -0.3 is 19.4 Å². The molecule has 0 unspecified atom stereocenters. The largest absolute Gasteiger partial charge is 0.493 e. The molecule has 1 N–H and O–H groups in total. The van der Waals surface area contributed by atoms with Crippen molar-refractivity contribution in [2.45, 2.75) is 13.1 Å². The summed E-state index contributed by atoms with van der Waals surface area (Å²) < 4.78 is 11.8. The Balaban J connectivity index is 1.67. The summed E-state index contributed by atoms with van der Waals surface area (Å²) in [5, 5.41) is 2.81. The summed E-state index contributed by atoms with van der Waals surface area (Å²) in [6.45, 7) is 0.221. The lowest BCUT2D eigenvalue weighted by Crippen LogP contribution is -2.31. The van der Waals surface area contributed by atoms with Gasteiger partial charge in [0, 0.05) is 18.3 Å². The minimum atomic E-state index is -0.332. The number of aromatic nitrogens is 2. The topological polar surface area (TPSA) is 82.5 Å². The van der Waals surface area contributed by atoms with Crippen LogP contribution < -0.4 is 20.3 Å². The molecule has 0 atom stereocenters. The van der Waals surface area contributed by atoms with Gasteiger partial charge in [0.2, 0.25) is 5.91 Å². The lowest BCUT2D eigenvalue weighted by molar-refractivity contribution is -0.121. The van der Waals surface area contributed by atoms with Crippen molar-refractivity contribution in [2.75, 3.05) is 14.2 Å². The van der Waals surface area contributed by atoms with Gasteiger partial charge in [0.1, 0.15) is 6.54 Å². The zero-order chi connectivity index (χ0) is 19.9. The van der Waals surface area contributed by atoms with Crippen molar-refractivity contribution in [3.05, 3.63) is 76.8 Å². The second-order valence-electron chi connectivity index (χ2n) is 6.07. The lowest BCUT2D eigenvalue weighted by Gasteiger charge is -2.11. The van der Waals surface area contributed by atoms with Gasteiger partial charge in [-0.05, 0) is 17.7 Å². The summed E-state index contributed by atoms with van der Waals surface area (Å²) >= 11 is 0. The van der Waals surface area contributed by atoms with E-state index in [1.807, 2.05) is 36.4 Å². The average Bonchev–Trinajstić information content (AvgIpc) is 2.74. The van der Waals surface area contributed by atoms with Crippen molar-refractivity contribution in [2.24, 2.45) is 0 Å². The predicted octanol–water partition coefficient (Wildman–Crippen LogP) is 2.24. The molecule has 0 aliphatic heterocycles. The third kappa shape index (κ3) is 4.56. The SMILES string of the molecule is COc1ccc(CNC(=O)Cn2cc(-c3ccccc3)ncc2=O)cc1OC. The molecule has 7 heteroatoms. The van der Waals surface area contributed by atoms with E-state index in [1.54, 1.807) is 32.5 Å². The Morgan fingerprint density at radius 3 is 2.54 bits per heavy atom. The number of carbonyl (C=O) groups excluding carboxylic acids is 1. The first-order valence-electron chi connectivity index (χ1n) is 8.70. The Kier molecular flexibility index (Phi) is 6.06. The fraction of sp³-hybridized carbons (Fsp3) is 0.190. The first kappa shape index (κ1) is 19.2. The smallest absolute Gasteiger partial charge is 0.269 e. The minimum absolute atomic E-state index is 0.0888. The summed E-state index contributed by atoms with van der Waals surface area (Å²) in [6.07, 6.45) is 2.82. The molecule has 0 saturated carbocycles. The number of nitrogens with one attached hydrogen (secondary N) is 1. The van der Waals surface area contributed by atoms with Crippen molar-refractivity contribution in [1.29, 1.82) is 0 Å². The maximum absolute atomic E-state index is 12.3. The van der Waals surface area contributed by atoms with Gasteiger partial charge in [0.25, 0.3) is 5.56 Å². The van der Waals surface area contributed by atoms with Crippen LogP contribution in [0, 0.1) is 0 Å². The van der Waals surface area contributed by atoms with Crippen molar-refractivity contribution >= 4 is 5.91 Å². The molecule has 1 amide bonds. The monoisotopic (exact) mass is 379 g/mol. The van der Waals surface area contributed by atoms with Crippen LogP contribution in [0.15, 0.2) is 65.7 Å². The van der Waals surface area contributed by atoms with Gasteiger partial charge in [-0.2, -0.15) is 0 Å². The highest BCUT2D eigenvalue weighted by Crippen LogP contribution is 2.27. The summed E-state index contributed by atoms with van der Waals surface area (Å²) in [5.41, 5.74) is 2.04. The van der Waals surface area contributed by atoms with Gasteiger partial charge in [0.15, 0.2) is 11.5 Å².